The minimum Gasteiger partial charge on any atom is -0.493 e. The van der Waals surface area contributed by atoms with Crippen molar-refractivity contribution in [3.8, 4) is 17.6 Å². The molecule has 0 unspecified atom stereocenters. The SMILES string of the molecule is COc1cc(/C=N\NC(=O)c2ccc(C#N)cc2F)ccc1OCc1ccc(Cl)cc1Cl. The lowest BCUT2D eigenvalue weighted by atomic mass is 10.1. The second kappa shape index (κ2) is 10.6. The van der Waals surface area contributed by atoms with Crippen molar-refractivity contribution in [1.82, 2.24) is 5.43 Å². The molecule has 32 heavy (non-hydrogen) atoms. The fourth-order valence-corrected chi connectivity index (χ4v) is 3.14. The van der Waals surface area contributed by atoms with Crippen molar-refractivity contribution in [1.29, 1.82) is 5.26 Å². The van der Waals surface area contributed by atoms with Gasteiger partial charge in [0, 0.05) is 15.6 Å². The molecule has 9 heteroatoms. The number of carbonyl (C=O) groups is 1. The molecule has 0 bridgehead atoms. The molecule has 0 aliphatic rings. The average molecular weight is 472 g/mol. The van der Waals surface area contributed by atoms with Crippen LogP contribution in [-0.4, -0.2) is 19.2 Å². The Hall–Kier alpha value is -3.60. The van der Waals surface area contributed by atoms with Crippen LogP contribution >= 0.6 is 23.2 Å². The first-order valence-corrected chi connectivity index (χ1v) is 9.94. The van der Waals surface area contributed by atoms with E-state index in [4.69, 9.17) is 37.9 Å². The standard InChI is InChI=1S/C23H16Cl2FN3O3/c1-31-22-9-15(3-7-21(22)32-13-16-4-5-17(24)10-19(16)25)12-28-29-23(30)18-6-2-14(11-27)8-20(18)26/h2-10,12H,13H2,1H3,(H,29,30)/b28-12-. The summed E-state index contributed by atoms with van der Waals surface area (Å²) < 4.78 is 25.1. The third-order valence-electron chi connectivity index (χ3n) is 4.31. The van der Waals surface area contributed by atoms with Crippen LogP contribution in [-0.2, 0) is 6.61 Å². The van der Waals surface area contributed by atoms with Gasteiger partial charge >= 0.3 is 0 Å². The van der Waals surface area contributed by atoms with Gasteiger partial charge < -0.3 is 9.47 Å². The van der Waals surface area contributed by atoms with Crippen LogP contribution in [0.1, 0.15) is 27.0 Å². The first kappa shape index (κ1) is 23.1. The number of rotatable bonds is 7. The van der Waals surface area contributed by atoms with E-state index in [1.54, 1.807) is 42.5 Å². The van der Waals surface area contributed by atoms with Crippen molar-refractivity contribution in [3.63, 3.8) is 0 Å². The second-order valence-corrected chi connectivity index (χ2v) is 7.28. The van der Waals surface area contributed by atoms with Crippen molar-refractivity contribution in [2.75, 3.05) is 7.11 Å². The maximum absolute atomic E-state index is 13.9. The van der Waals surface area contributed by atoms with Gasteiger partial charge in [0.2, 0.25) is 0 Å². The van der Waals surface area contributed by atoms with Crippen LogP contribution in [0, 0.1) is 17.1 Å². The molecule has 0 saturated carbocycles. The maximum atomic E-state index is 13.9. The van der Waals surface area contributed by atoms with Crippen LogP contribution in [0.2, 0.25) is 10.0 Å². The highest BCUT2D eigenvalue weighted by Gasteiger charge is 2.12. The molecular formula is C23H16Cl2FN3O3. The lowest BCUT2D eigenvalue weighted by Gasteiger charge is -2.12. The summed E-state index contributed by atoms with van der Waals surface area (Å²) in [4.78, 5) is 12.1. The van der Waals surface area contributed by atoms with Crippen LogP contribution in [0.15, 0.2) is 59.7 Å². The number of amides is 1. The molecule has 0 radical (unpaired) electrons. The lowest BCUT2D eigenvalue weighted by Crippen LogP contribution is -2.19. The smallest absolute Gasteiger partial charge is 0.274 e. The Labute approximate surface area is 193 Å². The van der Waals surface area contributed by atoms with Crippen LogP contribution < -0.4 is 14.9 Å². The van der Waals surface area contributed by atoms with E-state index in [-0.39, 0.29) is 17.7 Å². The van der Waals surface area contributed by atoms with Gasteiger partial charge in [0.25, 0.3) is 5.91 Å². The van der Waals surface area contributed by atoms with Crippen molar-refractivity contribution >= 4 is 35.3 Å². The maximum Gasteiger partial charge on any atom is 0.274 e. The van der Waals surface area contributed by atoms with E-state index in [9.17, 15) is 9.18 Å². The molecule has 3 aromatic rings. The molecule has 6 nitrogen and oxygen atoms in total. The topological polar surface area (TPSA) is 83.7 Å². The zero-order valence-corrected chi connectivity index (χ0v) is 18.2. The normalized spacial score (nSPS) is 10.6. The van der Waals surface area contributed by atoms with Gasteiger partial charge in [-0.2, -0.15) is 10.4 Å². The predicted molar refractivity (Wildman–Crippen MR) is 120 cm³/mol. The Bertz CT molecular complexity index is 1230. The summed E-state index contributed by atoms with van der Waals surface area (Å²) in [5, 5.41) is 13.6. The summed E-state index contributed by atoms with van der Waals surface area (Å²) in [7, 11) is 1.49. The molecule has 0 heterocycles. The molecule has 3 rings (SSSR count). The zero-order valence-electron chi connectivity index (χ0n) is 16.7. The molecule has 0 saturated heterocycles. The first-order valence-electron chi connectivity index (χ1n) is 9.19. The van der Waals surface area contributed by atoms with E-state index in [1.807, 2.05) is 0 Å². The summed E-state index contributed by atoms with van der Waals surface area (Å²) >= 11 is 12.1. The van der Waals surface area contributed by atoms with Gasteiger partial charge in [0.05, 0.1) is 30.5 Å². The molecular weight excluding hydrogens is 456 g/mol. The van der Waals surface area contributed by atoms with Crippen molar-refractivity contribution < 1.29 is 18.7 Å². The Kier molecular flexibility index (Phi) is 7.66. The van der Waals surface area contributed by atoms with Gasteiger partial charge in [-0.15, -0.1) is 0 Å². The number of halogens is 3. The molecule has 0 aromatic heterocycles. The number of nitriles is 1. The van der Waals surface area contributed by atoms with Gasteiger partial charge in [-0.3, -0.25) is 4.79 Å². The second-order valence-electron chi connectivity index (χ2n) is 6.44. The van der Waals surface area contributed by atoms with Crippen molar-refractivity contribution in [2.45, 2.75) is 6.61 Å². The summed E-state index contributed by atoms with van der Waals surface area (Å²) in [5.41, 5.74) is 3.52. The number of hydrogen-bond donors (Lipinski definition) is 1. The molecule has 162 valence electrons. The van der Waals surface area contributed by atoms with Gasteiger partial charge in [-0.1, -0.05) is 29.3 Å². The van der Waals surface area contributed by atoms with E-state index in [0.717, 1.165) is 11.6 Å². The van der Waals surface area contributed by atoms with E-state index >= 15 is 0 Å². The van der Waals surface area contributed by atoms with Gasteiger partial charge in [0.1, 0.15) is 12.4 Å². The highest BCUT2D eigenvalue weighted by Crippen LogP contribution is 2.29. The molecule has 0 spiro atoms. The molecule has 0 fully saturated rings. The highest BCUT2D eigenvalue weighted by atomic mass is 35.5. The van der Waals surface area contributed by atoms with Crippen molar-refractivity contribution in [2.24, 2.45) is 5.10 Å². The van der Waals surface area contributed by atoms with Crippen molar-refractivity contribution in [3.05, 3.63) is 92.7 Å². The molecule has 1 amide bonds. The minimum absolute atomic E-state index is 0.121. The largest absolute Gasteiger partial charge is 0.493 e. The number of hydrogen-bond acceptors (Lipinski definition) is 5. The third-order valence-corrected chi connectivity index (χ3v) is 4.90. The average Bonchev–Trinajstić information content (AvgIpc) is 2.78. The van der Waals surface area contributed by atoms with Gasteiger partial charge in [0.15, 0.2) is 11.5 Å². The van der Waals surface area contributed by atoms with Crippen LogP contribution in [0.4, 0.5) is 4.39 Å². The van der Waals surface area contributed by atoms with Crippen LogP contribution in [0.25, 0.3) is 0 Å². The monoisotopic (exact) mass is 471 g/mol. The molecule has 1 N–H and O–H groups in total. The Morgan fingerprint density at radius 3 is 2.66 bits per heavy atom. The first-order chi connectivity index (χ1) is 15.4. The number of nitrogens with zero attached hydrogens (tertiary/aromatic N) is 2. The summed E-state index contributed by atoms with van der Waals surface area (Å²) in [6.45, 7) is 0.214. The quantitative estimate of drug-likeness (QED) is 0.371. The number of carbonyl (C=O) groups excluding carboxylic acids is 1. The molecule has 0 aliphatic carbocycles. The Morgan fingerprint density at radius 1 is 1.16 bits per heavy atom. The lowest BCUT2D eigenvalue weighted by molar-refractivity contribution is 0.0951. The highest BCUT2D eigenvalue weighted by molar-refractivity contribution is 6.35. The predicted octanol–water partition coefficient (Wildman–Crippen LogP) is 5.36. The number of benzene rings is 3. The Morgan fingerprint density at radius 2 is 1.97 bits per heavy atom. The molecule has 0 atom stereocenters. The van der Waals surface area contributed by atoms with Gasteiger partial charge in [-0.05, 0) is 54.1 Å². The van der Waals surface area contributed by atoms with E-state index in [1.165, 1.54) is 25.5 Å². The van der Waals surface area contributed by atoms with Gasteiger partial charge in [-0.25, -0.2) is 9.82 Å². The molecule has 3 aromatic carbocycles. The summed E-state index contributed by atoms with van der Waals surface area (Å²) in [6.07, 6.45) is 1.38. The zero-order chi connectivity index (χ0) is 23.1. The number of nitrogens with one attached hydrogen (secondary N) is 1. The minimum atomic E-state index is -0.805. The third kappa shape index (κ3) is 5.76. The summed E-state index contributed by atoms with van der Waals surface area (Å²) in [6, 6.07) is 15.6. The van der Waals surface area contributed by atoms with E-state index < -0.39 is 11.7 Å². The number of methoxy groups -OCH3 is 1. The number of ether oxygens (including phenoxy) is 2. The van der Waals surface area contributed by atoms with E-state index in [2.05, 4.69) is 10.5 Å². The molecule has 0 aliphatic heterocycles. The Balaban J connectivity index is 1.65. The fourth-order valence-electron chi connectivity index (χ4n) is 2.67. The van der Waals surface area contributed by atoms with Crippen LogP contribution in [0.5, 0.6) is 11.5 Å². The number of hydrazone groups is 1. The fraction of sp³-hybridized carbons (Fsp3) is 0.0870. The van der Waals surface area contributed by atoms with E-state index in [0.29, 0.717) is 27.1 Å². The van der Waals surface area contributed by atoms with Crippen LogP contribution in [0.3, 0.4) is 0 Å². The summed E-state index contributed by atoms with van der Waals surface area (Å²) in [5.74, 6) is -0.612.